The lowest BCUT2D eigenvalue weighted by Gasteiger charge is -2.37. The third-order valence-corrected chi connectivity index (χ3v) is 12.4. The van der Waals surface area contributed by atoms with E-state index in [-0.39, 0.29) is 29.8 Å². The molecule has 12 nitrogen and oxygen atoms in total. The Balaban J connectivity index is 0.970. The Morgan fingerprint density at radius 1 is 0.750 bits per heavy atom. The van der Waals surface area contributed by atoms with Crippen LogP contribution in [-0.2, 0) is 14.3 Å². The summed E-state index contributed by atoms with van der Waals surface area (Å²) in [6.07, 6.45) is 10.9. The first-order valence-electron chi connectivity index (χ1n) is 20.7. The number of hydrogen-bond donors (Lipinski definition) is 3. The summed E-state index contributed by atoms with van der Waals surface area (Å²) in [5.41, 5.74) is 6.10. The number of nitrogens with zero attached hydrogens (tertiary/aromatic N) is 5. The molecule has 2 aromatic heterocycles. The molecule has 4 aromatic rings. The number of carbonyl (C=O) groups excluding carboxylic acids is 3. The van der Waals surface area contributed by atoms with Crippen LogP contribution >= 0.6 is 0 Å². The van der Waals surface area contributed by atoms with Crippen LogP contribution in [-0.4, -0.2) is 97.9 Å². The molecule has 3 atom stereocenters. The summed E-state index contributed by atoms with van der Waals surface area (Å²) in [6, 6.07) is 16.6. The van der Waals surface area contributed by atoms with Gasteiger partial charge in [0.15, 0.2) is 0 Å². The lowest BCUT2D eigenvalue weighted by molar-refractivity contribution is -0.138. The number of ether oxygens (including phenoxy) is 1. The highest BCUT2D eigenvalue weighted by molar-refractivity contribution is 5.86. The van der Waals surface area contributed by atoms with Gasteiger partial charge in [0.2, 0.25) is 11.8 Å². The molecule has 4 heterocycles. The van der Waals surface area contributed by atoms with E-state index >= 15 is 0 Å². The van der Waals surface area contributed by atoms with E-state index < -0.39 is 12.1 Å². The second-order valence-electron chi connectivity index (χ2n) is 16.0. The third kappa shape index (κ3) is 8.26. The van der Waals surface area contributed by atoms with Gasteiger partial charge >= 0.3 is 6.09 Å². The van der Waals surface area contributed by atoms with Crippen molar-refractivity contribution in [3.05, 3.63) is 72.6 Å². The number of amides is 3. The van der Waals surface area contributed by atoms with Crippen LogP contribution in [0.1, 0.15) is 103 Å². The highest BCUT2D eigenvalue weighted by atomic mass is 16.5. The zero-order chi connectivity index (χ0) is 39.3. The smallest absolute Gasteiger partial charge is 0.407 e. The average molecular weight is 763 g/mol. The van der Waals surface area contributed by atoms with E-state index in [1.54, 1.807) is 0 Å². The van der Waals surface area contributed by atoms with Gasteiger partial charge in [0.05, 0.1) is 43.0 Å². The van der Waals surface area contributed by atoms with Crippen LogP contribution in [0.3, 0.4) is 0 Å². The lowest BCUT2D eigenvalue weighted by atomic mass is 9.84. The summed E-state index contributed by atoms with van der Waals surface area (Å²) >= 11 is 0. The van der Waals surface area contributed by atoms with Crippen molar-refractivity contribution in [3.8, 4) is 33.6 Å². The summed E-state index contributed by atoms with van der Waals surface area (Å²) < 4.78 is 4.77. The first kappa shape index (κ1) is 39.3. The van der Waals surface area contributed by atoms with Crippen molar-refractivity contribution in [1.82, 2.24) is 40.0 Å². The van der Waals surface area contributed by atoms with E-state index in [0.717, 1.165) is 116 Å². The maximum atomic E-state index is 13.8. The topological polar surface area (TPSA) is 140 Å². The zero-order valence-corrected chi connectivity index (χ0v) is 33.6. The minimum Gasteiger partial charge on any atom is -0.453 e. The average Bonchev–Trinajstić information content (AvgIpc) is 4.07. The Hall–Kier alpha value is -4.97. The number of hydrogen-bond acceptors (Lipinski definition) is 7. The fraction of sp³-hybridized carbons (Fsp3) is 0.523. The Morgan fingerprint density at radius 2 is 1.23 bits per heavy atom. The summed E-state index contributed by atoms with van der Waals surface area (Å²) in [4.78, 5) is 62.2. The number of aromatic nitrogens is 4. The molecule has 1 unspecified atom stereocenters. The summed E-state index contributed by atoms with van der Waals surface area (Å²) in [5, 5.41) is 2.71. The molecule has 298 valence electrons. The Morgan fingerprint density at radius 3 is 1.71 bits per heavy atom. The van der Waals surface area contributed by atoms with Crippen molar-refractivity contribution in [2.45, 2.75) is 103 Å². The van der Waals surface area contributed by atoms with Crippen LogP contribution < -0.4 is 5.32 Å². The molecule has 3 aliphatic rings. The fourth-order valence-corrected chi connectivity index (χ4v) is 9.16. The summed E-state index contributed by atoms with van der Waals surface area (Å²) in [6.45, 7) is 11.9. The van der Waals surface area contributed by atoms with Gasteiger partial charge in [0.25, 0.3) is 0 Å². The van der Waals surface area contributed by atoms with Gasteiger partial charge in [-0.2, -0.15) is 0 Å². The molecule has 3 N–H and O–H groups in total. The number of likely N-dealkylation sites (tertiary alicyclic amines) is 2. The lowest BCUT2D eigenvalue weighted by Crippen LogP contribution is -2.51. The van der Waals surface area contributed by atoms with Crippen LogP contribution in [0.25, 0.3) is 33.6 Å². The van der Waals surface area contributed by atoms with Crippen LogP contribution in [0.2, 0.25) is 0 Å². The van der Waals surface area contributed by atoms with Crippen molar-refractivity contribution in [2.24, 2.45) is 11.8 Å². The Bertz CT molecular complexity index is 1940. The molecule has 1 saturated carbocycles. The number of methoxy groups -OCH3 is 1. The summed E-state index contributed by atoms with van der Waals surface area (Å²) in [5.74, 6) is 1.84. The second kappa shape index (κ2) is 17.4. The molecule has 0 radical (unpaired) electrons. The monoisotopic (exact) mass is 762 g/mol. The minimum atomic E-state index is -0.673. The van der Waals surface area contributed by atoms with Crippen molar-refractivity contribution >= 4 is 17.9 Å². The molecule has 0 bridgehead atoms. The van der Waals surface area contributed by atoms with Gasteiger partial charge < -0.3 is 34.7 Å². The molecule has 2 saturated heterocycles. The minimum absolute atomic E-state index is 0.00709. The van der Waals surface area contributed by atoms with Crippen molar-refractivity contribution in [2.75, 3.05) is 33.3 Å². The number of imidazole rings is 2. The molecule has 0 spiro atoms. The number of alkyl carbamates (subject to hydrolysis) is 1. The number of nitrogens with one attached hydrogen (secondary N) is 3. The van der Waals surface area contributed by atoms with Crippen LogP contribution in [0, 0.1) is 11.8 Å². The van der Waals surface area contributed by atoms with E-state index in [9.17, 15) is 14.4 Å². The van der Waals surface area contributed by atoms with Gasteiger partial charge in [-0.3, -0.25) is 9.59 Å². The van der Waals surface area contributed by atoms with Gasteiger partial charge in [0.1, 0.15) is 17.7 Å². The fourth-order valence-electron chi connectivity index (χ4n) is 9.16. The molecule has 7 rings (SSSR count). The van der Waals surface area contributed by atoms with Gasteiger partial charge in [-0.25, -0.2) is 14.8 Å². The molecule has 12 heteroatoms. The maximum absolute atomic E-state index is 13.8. The molecule has 3 fully saturated rings. The van der Waals surface area contributed by atoms with Crippen LogP contribution in [0.5, 0.6) is 0 Å². The molecule has 56 heavy (non-hydrogen) atoms. The molecular formula is C44H58N8O4. The Kier molecular flexibility index (Phi) is 12.2. The van der Waals surface area contributed by atoms with Gasteiger partial charge in [0, 0.05) is 25.0 Å². The van der Waals surface area contributed by atoms with E-state index in [2.05, 4.69) is 87.5 Å². The molecule has 2 aliphatic heterocycles. The molecule has 2 aromatic carbocycles. The normalized spacial score (nSPS) is 21.8. The number of rotatable bonds is 12. The first-order chi connectivity index (χ1) is 27.2. The standard InChI is InChI=1S/C44H58N8O4/c1-6-50(7-2)34-22-20-33(21-23-34)42(53)51-24-8-10-37(51)40-45-26-35(47-40)31-16-12-29(13-17-31)30-14-18-32(19-15-30)36-27-46-41(48-36)38-11-9-25-52(38)43(54)39(28(3)4)49-44(55)56-5/h12-19,26-28,33-34,37-39H,6-11,20-25H2,1-5H3,(H,45,47)(H,46,48)(H,49,55)/t33?,34?,37-,38?,39-/m0/s1. The van der Waals surface area contributed by atoms with Crippen molar-refractivity contribution < 1.29 is 19.1 Å². The van der Waals surface area contributed by atoms with E-state index in [1.165, 1.54) is 7.11 Å². The van der Waals surface area contributed by atoms with Crippen LogP contribution in [0.15, 0.2) is 60.9 Å². The molecule has 3 amide bonds. The maximum Gasteiger partial charge on any atom is 0.407 e. The number of aromatic amines is 2. The number of carbonyl (C=O) groups is 3. The first-order valence-corrected chi connectivity index (χ1v) is 20.7. The summed E-state index contributed by atoms with van der Waals surface area (Å²) in [7, 11) is 1.30. The zero-order valence-electron chi connectivity index (χ0n) is 33.6. The van der Waals surface area contributed by atoms with E-state index in [1.807, 2.05) is 31.1 Å². The predicted octanol–water partition coefficient (Wildman–Crippen LogP) is 7.74. The van der Waals surface area contributed by atoms with Gasteiger partial charge in [-0.15, -0.1) is 0 Å². The number of benzene rings is 2. The highest BCUT2D eigenvalue weighted by Crippen LogP contribution is 2.37. The van der Waals surface area contributed by atoms with Gasteiger partial charge in [-0.05, 0) is 92.6 Å². The van der Waals surface area contributed by atoms with Crippen molar-refractivity contribution in [1.29, 1.82) is 0 Å². The highest BCUT2D eigenvalue weighted by Gasteiger charge is 2.39. The van der Waals surface area contributed by atoms with E-state index in [4.69, 9.17) is 14.7 Å². The third-order valence-electron chi connectivity index (χ3n) is 12.4. The number of H-pyrrole nitrogens is 2. The van der Waals surface area contributed by atoms with E-state index in [0.29, 0.717) is 18.5 Å². The van der Waals surface area contributed by atoms with Gasteiger partial charge in [-0.1, -0.05) is 76.2 Å². The largest absolute Gasteiger partial charge is 0.453 e. The molecular weight excluding hydrogens is 705 g/mol. The quantitative estimate of drug-likeness (QED) is 0.134. The predicted molar refractivity (Wildman–Crippen MR) is 217 cm³/mol. The Labute approximate surface area is 330 Å². The molecule has 1 aliphatic carbocycles. The second-order valence-corrected chi connectivity index (χ2v) is 16.0. The van der Waals surface area contributed by atoms with Crippen LogP contribution in [0.4, 0.5) is 4.79 Å². The SMILES string of the molecule is CCN(CC)C1CCC(C(=O)N2CCC[C@H]2c2ncc(-c3ccc(-c4ccc(-c5cnc(C6CCCN6C(=O)[C@@H](NC(=O)OC)C(C)C)[nH]5)cc4)cc3)[nH]2)CC1. The van der Waals surface area contributed by atoms with Crippen molar-refractivity contribution in [3.63, 3.8) is 0 Å².